The van der Waals surface area contributed by atoms with Crippen molar-refractivity contribution in [2.45, 2.75) is 6.10 Å². The Balaban J connectivity index is 2.38. The Morgan fingerprint density at radius 2 is 1.95 bits per heavy atom. The second kappa shape index (κ2) is 5.90. The normalized spacial score (nSPS) is 12.3. The summed E-state index contributed by atoms with van der Waals surface area (Å²) in [6.45, 7) is 0. The number of hydrogen-bond donors (Lipinski definition) is 1. The van der Waals surface area contributed by atoms with Gasteiger partial charge in [-0.3, -0.25) is 0 Å². The number of rotatable bonds is 3. The fourth-order valence-corrected chi connectivity index (χ4v) is 2.53. The molecule has 2 aromatic carbocycles. The van der Waals surface area contributed by atoms with Crippen LogP contribution in [0.1, 0.15) is 17.2 Å². The number of aliphatic hydroxyl groups excluding tert-OH is 1. The highest BCUT2D eigenvalue weighted by Gasteiger charge is 2.14. The highest BCUT2D eigenvalue weighted by atomic mass is 79.9. The molecule has 0 spiro atoms. The summed E-state index contributed by atoms with van der Waals surface area (Å²) in [5.74, 6) is 0.112. The Morgan fingerprint density at radius 1 is 1.21 bits per heavy atom. The van der Waals surface area contributed by atoms with Crippen molar-refractivity contribution in [3.8, 4) is 5.75 Å². The van der Waals surface area contributed by atoms with Crippen molar-refractivity contribution in [3.05, 3.63) is 62.8 Å². The van der Waals surface area contributed by atoms with Gasteiger partial charge in [0.15, 0.2) is 0 Å². The van der Waals surface area contributed by atoms with Crippen LogP contribution in [0.4, 0.5) is 4.39 Å². The third-order valence-electron chi connectivity index (χ3n) is 2.69. The molecule has 0 aliphatic rings. The lowest BCUT2D eigenvalue weighted by atomic mass is 10.0. The Kier molecular flexibility index (Phi) is 4.45. The van der Waals surface area contributed by atoms with Crippen molar-refractivity contribution in [2.24, 2.45) is 0 Å². The number of hydrogen-bond acceptors (Lipinski definition) is 2. The minimum atomic E-state index is -0.949. The molecule has 2 nitrogen and oxygen atoms in total. The van der Waals surface area contributed by atoms with Crippen molar-refractivity contribution in [1.82, 2.24) is 0 Å². The van der Waals surface area contributed by atoms with Gasteiger partial charge in [0.05, 0.1) is 12.1 Å². The van der Waals surface area contributed by atoms with Gasteiger partial charge in [0.2, 0.25) is 0 Å². The predicted octanol–water partition coefficient (Wildman–Crippen LogP) is 4.33. The molecule has 0 bridgehead atoms. The van der Waals surface area contributed by atoms with E-state index in [2.05, 4.69) is 15.9 Å². The van der Waals surface area contributed by atoms with Gasteiger partial charge in [0, 0.05) is 4.47 Å². The van der Waals surface area contributed by atoms with E-state index < -0.39 is 11.9 Å². The second-order valence-electron chi connectivity index (χ2n) is 4.00. The molecule has 0 aliphatic heterocycles. The molecule has 0 heterocycles. The van der Waals surface area contributed by atoms with Crippen molar-refractivity contribution < 1.29 is 14.2 Å². The topological polar surface area (TPSA) is 29.5 Å². The molecule has 2 aromatic rings. The monoisotopic (exact) mass is 344 g/mol. The van der Waals surface area contributed by atoms with Gasteiger partial charge in [0.1, 0.15) is 17.7 Å². The molecular formula is C14H11BrClFO2. The number of halogens is 3. The Bertz CT molecular complexity index is 584. The Hall–Kier alpha value is -1.10. The summed E-state index contributed by atoms with van der Waals surface area (Å²) in [4.78, 5) is 0. The average molecular weight is 346 g/mol. The van der Waals surface area contributed by atoms with Crippen molar-refractivity contribution in [2.75, 3.05) is 7.11 Å². The average Bonchev–Trinajstić information content (AvgIpc) is 2.36. The predicted molar refractivity (Wildman–Crippen MR) is 76.2 cm³/mol. The first-order valence-corrected chi connectivity index (χ1v) is 6.66. The van der Waals surface area contributed by atoms with Crippen LogP contribution in [-0.4, -0.2) is 12.2 Å². The first-order valence-electron chi connectivity index (χ1n) is 5.48. The molecule has 0 saturated heterocycles. The van der Waals surface area contributed by atoms with Gasteiger partial charge < -0.3 is 9.84 Å². The van der Waals surface area contributed by atoms with Gasteiger partial charge in [-0.2, -0.15) is 0 Å². The maximum absolute atomic E-state index is 13.3. The van der Waals surface area contributed by atoms with Crippen LogP contribution in [-0.2, 0) is 0 Å². The van der Waals surface area contributed by atoms with Gasteiger partial charge in [-0.1, -0.05) is 33.6 Å². The minimum absolute atomic E-state index is 0.398. The lowest BCUT2D eigenvalue weighted by Crippen LogP contribution is -2.01. The number of ether oxygens (including phenoxy) is 1. The van der Waals surface area contributed by atoms with E-state index in [-0.39, 0.29) is 0 Å². The summed E-state index contributed by atoms with van der Waals surface area (Å²) in [6, 6.07) is 9.23. The maximum Gasteiger partial charge on any atom is 0.137 e. The highest BCUT2D eigenvalue weighted by Crippen LogP contribution is 2.31. The third-order valence-corrected chi connectivity index (χ3v) is 3.45. The summed E-state index contributed by atoms with van der Waals surface area (Å²) in [5.41, 5.74) is 1.02. The fourth-order valence-electron chi connectivity index (χ4n) is 1.78. The summed E-state index contributed by atoms with van der Waals surface area (Å²) in [6.07, 6.45) is -0.949. The van der Waals surface area contributed by atoms with E-state index in [9.17, 15) is 9.50 Å². The smallest absolute Gasteiger partial charge is 0.137 e. The molecule has 1 unspecified atom stereocenters. The summed E-state index contributed by atoms with van der Waals surface area (Å²) in [5, 5.41) is 10.6. The van der Waals surface area contributed by atoms with Crippen LogP contribution in [0.15, 0.2) is 40.9 Å². The van der Waals surface area contributed by atoms with Crippen LogP contribution in [0.5, 0.6) is 5.75 Å². The van der Waals surface area contributed by atoms with E-state index in [0.29, 0.717) is 26.4 Å². The van der Waals surface area contributed by atoms with Crippen molar-refractivity contribution in [1.29, 1.82) is 0 Å². The summed E-state index contributed by atoms with van der Waals surface area (Å²) in [7, 11) is 1.51. The van der Waals surface area contributed by atoms with Crippen LogP contribution >= 0.6 is 27.5 Å². The van der Waals surface area contributed by atoms with Gasteiger partial charge >= 0.3 is 0 Å². The molecule has 0 aliphatic carbocycles. The van der Waals surface area contributed by atoms with Crippen LogP contribution in [0, 0.1) is 5.82 Å². The molecule has 0 fully saturated rings. The standard InChI is InChI=1S/C14H11BrClFO2/c1-19-13-3-2-8(6-12(13)16)14(18)9-4-10(15)7-11(17)5-9/h2-7,14,18H,1H3. The lowest BCUT2D eigenvalue weighted by Gasteiger charge is -2.13. The zero-order valence-electron chi connectivity index (χ0n) is 10.0. The van der Waals surface area contributed by atoms with E-state index in [1.165, 1.54) is 19.2 Å². The van der Waals surface area contributed by atoms with Crippen LogP contribution in [0.25, 0.3) is 0 Å². The first-order chi connectivity index (χ1) is 9.01. The molecule has 100 valence electrons. The molecule has 5 heteroatoms. The Morgan fingerprint density at radius 3 is 2.53 bits per heavy atom. The number of methoxy groups -OCH3 is 1. The summed E-state index contributed by atoms with van der Waals surface area (Å²) >= 11 is 9.20. The van der Waals surface area contributed by atoms with Crippen molar-refractivity contribution >= 4 is 27.5 Å². The van der Waals surface area contributed by atoms with Crippen LogP contribution < -0.4 is 4.74 Å². The maximum atomic E-state index is 13.3. The molecule has 1 N–H and O–H groups in total. The molecular weight excluding hydrogens is 335 g/mol. The fraction of sp³-hybridized carbons (Fsp3) is 0.143. The van der Waals surface area contributed by atoms with Crippen LogP contribution in [0.2, 0.25) is 5.02 Å². The molecule has 0 radical (unpaired) electrons. The zero-order chi connectivity index (χ0) is 14.0. The Labute approximate surface area is 123 Å². The van der Waals surface area contributed by atoms with E-state index in [1.54, 1.807) is 24.3 Å². The molecule has 0 saturated carbocycles. The SMILES string of the molecule is COc1ccc(C(O)c2cc(F)cc(Br)c2)cc1Cl. The molecule has 0 amide bonds. The van der Waals surface area contributed by atoms with Gasteiger partial charge in [0.25, 0.3) is 0 Å². The number of aliphatic hydroxyl groups is 1. The van der Waals surface area contributed by atoms with Gasteiger partial charge in [-0.15, -0.1) is 0 Å². The summed E-state index contributed by atoms with van der Waals surface area (Å²) < 4.78 is 18.9. The minimum Gasteiger partial charge on any atom is -0.495 e. The van der Waals surface area contributed by atoms with E-state index in [4.69, 9.17) is 16.3 Å². The molecule has 2 rings (SSSR count). The third kappa shape index (κ3) is 3.26. The zero-order valence-corrected chi connectivity index (χ0v) is 12.4. The van der Waals surface area contributed by atoms with E-state index >= 15 is 0 Å². The molecule has 19 heavy (non-hydrogen) atoms. The van der Waals surface area contributed by atoms with Gasteiger partial charge in [-0.05, 0) is 41.5 Å². The van der Waals surface area contributed by atoms with Crippen LogP contribution in [0.3, 0.4) is 0 Å². The van der Waals surface area contributed by atoms with E-state index in [0.717, 1.165) is 0 Å². The van der Waals surface area contributed by atoms with E-state index in [1.807, 2.05) is 0 Å². The quantitative estimate of drug-likeness (QED) is 0.897. The first kappa shape index (κ1) is 14.3. The highest BCUT2D eigenvalue weighted by molar-refractivity contribution is 9.10. The van der Waals surface area contributed by atoms with Gasteiger partial charge in [-0.25, -0.2) is 4.39 Å². The number of benzene rings is 2. The second-order valence-corrected chi connectivity index (χ2v) is 5.32. The molecule has 1 atom stereocenters. The molecule has 0 aromatic heterocycles. The lowest BCUT2D eigenvalue weighted by molar-refractivity contribution is 0.219. The van der Waals surface area contributed by atoms with Crippen molar-refractivity contribution in [3.63, 3.8) is 0 Å². The largest absolute Gasteiger partial charge is 0.495 e.